The van der Waals surface area contributed by atoms with Gasteiger partial charge < -0.3 is 0 Å². The molecule has 0 bridgehead atoms. The van der Waals surface area contributed by atoms with E-state index in [4.69, 9.17) is 6.58 Å². The molecule has 0 aliphatic carbocycles. The molecule has 0 aromatic heterocycles. The summed E-state index contributed by atoms with van der Waals surface area (Å²) in [4.78, 5) is 0. The maximum absolute atomic E-state index is 5.56. The van der Waals surface area contributed by atoms with Gasteiger partial charge in [-0.05, 0) is 0 Å². The molecular weight excluding hydrogens is 207 g/mol. The molecule has 0 amide bonds. The summed E-state index contributed by atoms with van der Waals surface area (Å²) in [7, 11) is 0. The van der Waals surface area contributed by atoms with E-state index in [1.54, 1.807) is 6.08 Å². The van der Waals surface area contributed by atoms with Crippen molar-refractivity contribution in [3.63, 3.8) is 0 Å². The molecule has 0 fully saturated rings. The predicted octanol–water partition coefficient (Wildman–Crippen LogP) is 2.88. The Morgan fingerprint density at radius 1 is 1.36 bits per heavy atom. The van der Waals surface area contributed by atoms with Crippen molar-refractivity contribution in [3.05, 3.63) is 60.2 Å². The molecule has 14 heavy (non-hydrogen) atoms. The van der Waals surface area contributed by atoms with Crippen LogP contribution in [0.3, 0.4) is 0 Å². The van der Waals surface area contributed by atoms with Crippen molar-refractivity contribution in [1.82, 2.24) is 0 Å². The second-order valence-corrected chi connectivity index (χ2v) is 4.29. The maximum atomic E-state index is 5.56. The van der Waals surface area contributed by atoms with Gasteiger partial charge in [-0.2, -0.15) is 0 Å². The van der Waals surface area contributed by atoms with Crippen molar-refractivity contribution in [1.29, 1.82) is 0 Å². The molecule has 1 aromatic carbocycles. The summed E-state index contributed by atoms with van der Waals surface area (Å²) >= 11 is 2.52. The molecule has 0 aliphatic rings. The molecule has 1 aromatic rings. The molecule has 0 atom stereocenters. The van der Waals surface area contributed by atoms with E-state index in [0.717, 1.165) is 12.0 Å². The minimum atomic E-state index is 0.895. The van der Waals surface area contributed by atoms with Gasteiger partial charge in [0.05, 0.1) is 0 Å². The van der Waals surface area contributed by atoms with Crippen molar-refractivity contribution >= 4 is 4.23 Å². The average molecular weight is 220 g/mol. The van der Waals surface area contributed by atoms with Gasteiger partial charge in [0.25, 0.3) is 0 Å². The summed E-state index contributed by atoms with van der Waals surface area (Å²) in [5.74, 6) is 0. The molecule has 0 unspecified atom stereocenters. The number of hydrogen-bond donors (Lipinski definition) is 0. The minimum absolute atomic E-state index is 0.895. The summed E-state index contributed by atoms with van der Waals surface area (Å²) in [5.41, 5.74) is 2.43. The number of allylic oxidation sites excluding steroid dienone is 3. The van der Waals surface area contributed by atoms with E-state index in [0.29, 0.717) is 0 Å². The van der Waals surface area contributed by atoms with Crippen LogP contribution in [0.5, 0.6) is 0 Å². The summed E-state index contributed by atoms with van der Waals surface area (Å²) < 4.78 is 1.21. The van der Waals surface area contributed by atoms with Crippen LogP contribution in [0.25, 0.3) is 0 Å². The number of hydrogen-bond acceptors (Lipinski definition) is 0. The first-order chi connectivity index (χ1) is 6.72. The Morgan fingerprint density at radius 3 is 2.50 bits per heavy atom. The van der Waals surface area contributed by atoms with Crippen LogP contribution in [0, 0.1) is 6.58 Å². The molecule has 1 rings (SSSR count). The third-order valence-corrected chi connectivity index (χ3v) is 2.06. The standard InChI is InChI=1S/C13H13.V/c1-3-8-12(4-2)11-13-9-6-5-7-10-13;/h2,4-10H,11H2,1H3;/q-1;/b12-8+;. The molecule has 0 aliphatic heterocycles. The van der Waals surface area contributed by atoms with Crippen molar-refractivity contribution in [2.24, 2.45) is 0 Å². The van der Waals surface area contributed by atoms with Crippen LogP contribution in [-0.4, -0.2) is 4.23 Å². The van der Waals surface area contributed by atoms with E-state index in [9.17, 15) is 0 Å². The third-order valence-electron chi connectivity index (χ3n) is 1.86. The van der Waals surface area contributed by atoms with E-state index >= 15 is 0 Å². The van der Waals surface area contributed by atoms with Gasteiger partial charge in [-0.1, -0.05) is 0 Å². The fraction of sp³-hybridized carbons (Fsp3) is 0.154. The molecule has 0 radical (unpaired) electrons. The second kappa shape index (κ2) is 5.79. The Morgan fingerprint density at radius 2 is 2.00 bits per heavy atom. The summed E-state index contributed by atoms with van der Waals surface area (Å²) in [6, 6.07) is 10.3. The average Bonchev–Trinajstić information content (AvgIpc) is 2.17. The van der Waals surface area contributed by atoms with Gasteiger partial charge in [-0.3, -0.25) is 0 Å². The molecular formula is C13H13V-. The normalized spacial score (nSPS) is 11.0. The molecule has 0 heterocycles. The first-order valence-corrected chi connectivity index (χ1v) is 5.24. The molecule has 71 valence electrons. The van der Waals surface area contributed by atoms with E-state index in [-0.39, 0.29) is 0 Å². The fourth-order valence-corrected chi connectivity index (χ4v) is 1.52. The Hall–Kier alpha value is -0.846. The van der Waals surface area contributed by atoms with Gasteiger partial charge in [0.2, 0.25) is 0 Å². The topological polar surface area (TPSA) is 0 Å². The summed E-state index contributed by atoms with van der Waals surface area (Å²) in [6.45, 7) is 7.61. The Bertz CT molecular complexity index is 347. The van der Waals surface area contributed by atoms with Crippen LogP contribution in [0.4, 0.5) is 0 Å². The van der Waals surface area contributed by atoms with E-state index in [2.05, 4.69) is 42.1 Å². The fourth-order valence-electron chi connectivity index (χ4n) is 1.26. The zero-order valence-corrected chi connectivity index (χ0v) is 9.67. The zero-order valence-electron chi connectivity index (χ0n) is 8.27. The van der Waals surface area contributed by atoms with E-state index in [1.807, 2.05) is 18.2 Å². The third kappa shape index (κ3) is 3.91. The quantitative estimate of drug-likeness (QED) is 0.540. The van der Waals surface area contributed by atoms with Gasteiger partial charge in [-0.25, -0.2) is 0 Å². The Kier molecular flexibility index (Phi) is 4.65. The summed E-state index contributed by atoms with van der Waals surface area (Å²) in [5, 5.41) is 0. The van der Waals surface area contributed by atoms with Crippen LogP contribution in [0.2, 0.25) is 0 Å². The first-order valence-electron chi connectivity index (χ1n) is 4.54. The molecule has 1 heteroatoms. The second-order valence-electron chi connectivity index (χ2n) is 3.19. The van der Waals surface area contributed by atoms with Crippen molar-refractivity contribution in [3.8, 4) is 0 Å². The SMILES string of the molecule is [CH-]=C/C(=C\[C](C)=[V])Cc1ccccc1. The van der Waals surface area contributed by atoms with Crippen LogP contribution in [0.1, 0.15) is 12.5 Å². The molecule has 0 saturated heterocycles. The van der Waals surface area contributed by atoms with E-state index < -0.39 is 0 Å². The zero-order chi connectivity index (χ0) is 10.4. The predicted molar refractivity (Wildman–Crippen MR) is 57.8 cm³/mol. The van der Waals surface area contributed by atoms with Gasteiger partial charge in [0.1, 0.15) is 0 Å². The summed E-state index contributed by atoms with van der Waals surface area (Å²) in [6.07, 6.45) is 4.66. The van der Waals surface area contributed by atoms with Crippen LogP contribution >= 0.6 is 0 Å². The molecule has 0 N–H and O–H groups in total. The number of rotatable bonds is 4. The van der Waals surface area contributed by atoms with Gasteiger partial charge >= 0.3 is 94.7 Å². The van der Waals surface area contributed by atoms with Crippen molar-refractivity contribution < 1.29 is 17.0 Å². The van der Waals surface area contributed by atoms with Crippen LogP contribution in [0.15, 0.2) is 48.1 Å². The molecule has 0 spiro atoms. The van der Waals surface area contributed by atoms with Crippen LogP contribution in [-0.2, 0) is 23.4 Å². The van der Waals surface area contributed by atoms with Gasteiger partial charge in [-0.15, -0.1) is 0 Å². The molecule has 0 saturated carbocycles. The van der Waals surface area contributed by atoms with Crippen LogP contribution < -0.4 is 0 Å². The monoisotopic (exact) mass is 220 g/mol. The van der Waals surface area contributed by atoms with Crippen molar-refractivity contribution in [2.45, 2.75) is 13.3 Å². The Balaban J connectivity index is 2.76. The molecule has 0 nitrogen and oxygen atoms in total. The van der Waals surface area contributed by atoms with E-state index in [1.165, 1.54) is 9.79 Å². The number of benzene rings is 1. The first kappa shape index (κ1) is 11.2. The Labute approximate surface area is 94.8 Å². The van der Waals surface area contributed by atoms with Gasteiger partial charge in [0, 0.05) is 0 Å². The van der Waals surface area contributed by atoms with Gasteiger partial charge in [0.15, 0.2) is 0 Å². The van der Waals surface area contributed by atoms with Crippen molar-refractivity contribution in [2.75, 3.05) is 0 Å².